The number of carbonyl (C=O) groups is 2. The van der Waals surface area contributed by atoms with Crippen LogP contribution in [0.2, 0.25) is 0 Å². The summed E-state index contributed by atoms with van der Waals surface area (Å²) in [6, 6.07) is 5.54. The van der Waals surface area contributed by atoms with Crippen molar-refractivity contribution in [1.82, 2.24) is 10.6 Å². The topological polar surface area (TPSA) is 104 Å². The molecule has 0 atom stereocenters. The Morgan fingerprint density at radius 2 is 1.65 bits per heavy atom. The van der Waals surface area contributed by atoms with Crippen molar-refractivity contribution < 1.29 is 18.0 Å². The van der Waals surface area contributed by atoms with Crippen molar-refractivity contribution in [2.24, 2.45) is 0 Å². The van der Waals surface area contributed by atoms with E-state index >= 15 is 0 Å². The molecule has 0 aliphatic rings. The maximum absolute atomic E-state index is 11.7. The zero-order chi connectivity index (χ0) is 17.7. The quantitative estimate of drug-likeness (QED) is 0.753. The summed E-state index contributed by atoms with van der Waals surface area (Å²) in [7, 11) is -3.24. The number of benzene rings is 1. The van der Waals surface area contributed by atoms with Gasteiger partial charge >= 0.3 is 6.03 Å². The van der Waals surface area contributed by atoms with Gasteiger partial charge in [-0.25, -0.2) is 13.2 Å². The zero-order valence-corrected chi connectivity index (χ0v) is 14.6. The molecule has 1 rings (SSSR count). The number of urea groups is 1. The number of nitrogens with one attached hydrogen (secondary N) is 3. The molecule has 0 aliphatic carbocycles. The first kappa shape index (κ1) is 19.0. The Hall–Kier alpha value is -2.09. The Bertz CT molecular complexity index is 661. The Morgan fingerprint density at radius 3 is 2.13 bits per heavy atom. The average Bonchev–Trinajstić information content (AvgIpc) is 2.43. The molecular formula is C15H23N3O4S. The van der Waals surface area contributed by atoms with Crippen molar-refractivity contribution in [3.05, 3.63) is 24.3 Å². The van der Waals surface area contributed by atoms with Gasteiger partial charge in [-0.2, -0.15) is 0 Å². The van der Waals surface area contributed by atoms with Gasteiger partial charge in [0, 0.05) is 11.2 Å². The van der Waals surface area contributed by atoms with Crippen LogP contribution in [-0.2, 0) is 14.6 Å². The van der Waals surface area contributed by atoms with Crippen LogP contribution in [0, 0.1) is 0 Å². The van der Waals surface area contributed by atoms with Crippen molar-refractivity contribution in [3.8, 4) is 0 Å². The molecule has 0 bridgehead atoms. The van der Waals surface area contributed by atoms with Crippen molar-refractivity contribution in [2.75, 3.05) is 17.6 Å². The van der Waals surface area contributed by atoms with Gasteiger partial charge in [0.05, 0.1) is 17.2 Å². The summed E-state index contributed by atoms with van der Waals surface area (Å²) in [5, 5.41) is 7.64. The number of imide groups is 1. The van der Waals surface area contributed by atoms with E-state index in [4.69, 9.17) is 0 Å². The third kappa shape index (κ3) is 6.68. The first-order chi connectivity index (χ1) is 10.5. The van der Waals surface area contributed by atoms with E-state index in [1.54, 1.807) is 39.8 Å². The smallest absolute Gasteiger partial charge is 0.321 e. The van der Waals surface area contributed by atoms with E-state index in [1.165, 1.54) is 12.1 Å². The number of amides is 3. The van der Waals surface area contributed by atoms with Crippen LogP contribution in [-0.4, -0.2) is 38.2 Å². The number of anilines is 1. The second-order valence-electron chi connectivity index (χ2n) is 6.03. The van der Waals surface area contributed by atoms with Gasteiger partial charge in [0.1, 0.15) is 0 Å². The largest absolute Gasteiger partial charge is 0.376 e. The first-order valence-corrected chi connectivity index (χ1v) is 8.87. The summed E-state index contributed by atoms with van der Waals surface area (Å²) >= 11 is 0. The Morgan fingerprint density at radius 1 is 1.09 bits per heavy atom. The van der Waals surface area contributed by atoms with Gasteiger partial charge in [-0.05, 0) is 45.0 Å². The van der Waals surface area contributed by atoms with Gasteiger partial charge in [-0.15, -0.1) is 0 Å². The lowest BCUT2D eigenvalue weighted by Gasteiger charge is -2.20. The molecule has 1 aromatic rings. The minimum absolute atomic E-state index is 0.0328. The molecule has 0 spiro atoms. The molecule has 128 valence electrons. The van der Waals surface area contributed by atoms with Gasteiger partial charge in [0.25, 0.3) is 0 Å². The molecular weight excluding hydrogens is 318 g/mol. The summed E-state index contributed by atoms with van der Waals surface area (Å²) in [4.78, 5) is 23.4. The van der Waals surface area contributed by atoms with Gasteiger partial charge in [-0.1, -0.05) is 6.92 Å². The third-order valence-electron chi connectivity index (χ3n) is 2.79. The fraction of sp³-hybridized carbons (Fsp3) is 0.467. The summed E-state index contributed by atoms with van der Waals surface area (Å²) in [5.74, 6) is -0.456. The lowest BCUT2D eigenvalue weighted by atomic mass is 10.1. The number of sulfone groups is 1. The van der Waals surface area contributed by atoms with E-state index in [0.717, 1.165) is 0 Å². The van der Waals surface area contributed by atoms with Gasteiger partial charge in [0.15, 0.2) is 9.84 Å². The lowest BCUT2D eigenvalue weighted by Crippen LogP contribution is -2.49. The Balaban J connectivity index is 2.52. The summed E-state index contributed by atoms with van der Waals surface area (Å²) in [6.45, 7) is 6.90. The van der Waals surface area contributed by atoms with Crippen LogP contribution in [0.4, 0.5) is 10.5 Å². The predicted octanol–water partition coefficient (Wildman–Crippen LogP) is 1.52. The second-order valence-corrected chi connectivity index (χ2v) is 8.31. The zero-order valence-electron chi connectivity index (χ0n) is 13.8. The van der Waals surface area contributed by atoms with Crippen LogP contribution in [0.3, 0.4) is 0 Å². The van der Waals surface area contributed by atoms with Crippen LogP contribution in [0.5, 0.6) is 0 Å². The second kappa shape index (κ2) is 7.45. The standard InChI is InChI=1S/C15H23N3O4S/c1-5-23(21,22)12-8-6-11(7-9-12)16-10-13(19)17-14(20)18-15(2,3)4/h6-9,16H,5,10H2,1-4H3,(H2,17,18,19,20). The van der Waals surface area contributed by atoms with E-state index in [9.17, 15) is 18.0 Å². The third-order valence-corrected chi connectivity index (χ3v) is 4.54. The molecule has 1 aromatic carbocycles. The van der Waals surface area contributed by atoms with Crippen molar-refractivity contribution in [3.63, 3.8) is 0 Å². The molecule has 8 heteroatoms. The SMILES string of the molecule is CCS(=O)(=O)c1ccc(NCC(=O)NC(=O)NC(C)(C)C)cc1. The molecule has 0 saturated carbocycles. The molecule has 0 aromatic heterocycles. The summed E-state index contributed by atoms with van der Waals surface area (Å²) in [5.41, 5.74) is 0.157. The molecule has 3 amide bonds. The summed E-state index contributed by atoms with van der Waals surface area (Å²) < 4.78 is 23.4. The summed E-state index contributed by atoms with van der Waals surface area (Å²) in [6.07, 6.45) is 0. The van der Waals surface area contributed by atoms with Crippen LogP contribution < -0.4 is 16.0 Å². The van der Waals surface area contributed by atoms with Crippen molar-refractivity contribution in [2.45, 2.75) is 38.1 Å². The monoisotopic (exact) mass is 341 g/mol. The maximum atomic E-state index is 11.7. The molecule has 23 heavy (non-hydrogen) atoms. The maximum Gasteiger partial charge on any atom is 0.321 e. The molecule has 0 heterocycles. The van der Waals surface area contributed by atoms with Gasteiger partial charge in [-0.3, -0.25) is 10.1 Å². The Labute approximate surface area is 136 Å². The molecule has 0 radical (unpaired) electrons. The van der Waals surface area contributed by atoms with Crippen molar-refractivity contribution >= 4 is 27.5 Å². The van der Waals surface area contributed by atoms with Crippen LogP contribution in [0.1, 0.15) is 27.7 Å². The van der Waals surface area contributed by atoms with Gasteiger partial charge < -0.3 is 10.6 Å². The highest BCUT2D eigenvalue weighted by Crippen LogP contribution is 2.15. The number of hydrogen-bond donors (Lipinski definition) is 3. The number of carbonyl (C=O) groups excluding carboxylic acids is 2. The highest BCUT2D eigenvalue weighted by Gasteiger charge is 2.15. The van der Waals surface area contributed by atoms with E-state index in [2.05, 4.69) is 16.0 Å². The van der Waals surface area contributed by atoms with E-state index in [-0.39, 0.29) is 17.2 Å². The molecule has 0 unspecified atom stereocenters. The molecule has 0 fully saturated rings. The Kier molecular flexibility index (Phi) is 6.14. The average molecular weight is 341 g/mol. The normalized spacial score (nSPS) is 11.7. The highest BCUT2D eigenvalue weighted by molar-refractivity contribution is 7.91. The van der Waals surface area contributed by atoms with E-state index in [0.29, 0.717) is 5.69 Å². The highest BCUT2D eigenvalue weighted by atomic mass is 32.2. The fourth-order valence-corrected chi connectivity index (χ4v) is 2.56. The van der Waals surface area contributed by atoms with Crippen LogP contribution in [0.25, 0.3) is 0 Å². The number of hydrogen-bond acceptors (Lipinski definition) is 5. The molecule has 7 nitrogen and oxygen atoms in total. The minimum atomic E-state index is -3.24. The van der Waals surface area contributed by atoms with Crippen LogP contribution in [0.15, 0.2) is 29.2 Å². The van der Waals surface area contributed by atoms with E-state index in [1.807, 2.05) is 0 Å². The first-order valence-electron chi connectivity index (χ1n) is 7.22. The lowest BCUT2D eigenvalue weighted by molar-refractivity contribution is -0.118. The predicted molar refractivity (Wildman–Crippen MR) is 89.1 cm³/mol. The molecule has 0 aliphatic heterocycles. The van der Waals surface area contributed by atoms with Crippen molar-refractivity contribution in [1.29, 1.82) is 0 Å². The van der Waals surface area contributed by atoms with Crippen LogP contribution >= 0.6 is 0 Å². The van der Waals surface area contributed by atoms with Gasteiger partial charge in [0.2, 0.25) is 5.91 Å². The minimum Gasteiger partial charge on any atom is -0.376 e. The number of rotatable bonds is 5. The molecule has 0 saturated heterocycles. The molecule has 3 N–H and O–H groups in total. The fourth-order valence-electron chi connectivity index (χ4n) is 1.67. The van der Waals surface area contributed by atoms with E-state index < -0.39 is 27.3 Å².